The van der Waals surface area contributed by atoms with E-state index in [1.807, 2.05) is 0 Å². The van der Waals surface area contributed by atoms with Crippen LogP contribution in [0, 0.1) is 5.82 Å². The Morgan fingerprint density at radius 3 is 2.68 bits per heavy atom. The zero-order valence-electron chi connectivity index (χ0n) is 14.0. The first-order valence-corrected chi connectivity index (χ1v) is 7.86. The average Bonchev–Trinajstić information content (AvgIpc) is 2.49. The molecule has 25 heavy (non-hydrogen) atoms. The molecule has 9 heteroatoms. The maximum Gasteiger partial charge on any atom is 0.262 e. The number of hydrogen-bond donors (Lipinski definition) is 3. The van der Waals surface area contributed by atoms with Gasteiger partial charge in [0.05, 0.1) is 25.3 Å². The maximum atomic E-state index is 14.4. The van der Waals surface area contributed by atoms with Crippen molar-refractivity contribution in [3.05, 3.63) is 40.8 Å². The molecule has 3 N–H and O–H groups in total. The fourth-order valence-electron chi connectivity index (χ4n) is 1.79. The molecule has 0 aliphatic rings. The summed E-state index contributed by atoms with van der Waals surface area (Å²) in [5.41, 5.74) is 2.94. The summed E-state index contributed by atoms with van der Waals surface area (Å²) in [5, 5.41) is 4.89. The standard InChI is InChI=1S/C16H21ClF3N3O2/c1-10(2)23-25-7-6-21-14(24)8-11-12(17)4-5-13(15(11)18)22-9-16(3,19)20/h4-5,22-23H,1,6-9H2,2-3H3,(H,21,24). The van der Waals surface area contributed by atoms with Gasteiger partial charge in [0, 0.05) is 29.8 Å². The van der Waals surface area contributed by atoms with E-state index in [-0.39, 0.29) is 35.8 Å². The van der Waals surface area contributed by atoms with Crippen LogP contribution in [0.3, 0.4) is 0 Å². The number of hydrogen-bond acceptors (Lipinski definition) is 4. The van der Waals surface area contributed by atoms with Gasteiger partial charge in [-0.2, -0.15) is 0 Å². The van der Waals surface area contributed by atoms with Crippen molar-refractivity contribution in [3.8, 4) is 0 Å². The largest absolute Gasteiger partial charge is 0.377 e. The number of benzene rings is 1. The second kappa shape index (κ2) is 9.53. The molecule has 0 atom stereocenters. The van der Waals surface area contributed by atoms with Gasteiger partial charge in [0.2, 0.25) is 5.91 Å². The van der Waals surface area contributed by atoms with E-state index < -0.39 is 24.2 Å². The van der Waals surface area contributed by atoms with Crippen molar-refractivity contribution in [1.29, 1.82) is 0 Å². The third-order valence-electron chi connectivity index (χ3n) is 2.89. The third kappa shape index (κ3) is 8.13. The normalized spacial score (nSPS) is 11.1. The highest BCUT2D eigenvalue weighted by Gasteiger charge is 2.22. The molecule has 0 heterocycles. The molecule has 0 saturated heterocycles. The monoisotopic (exact) mass is 379 g/mol. The highest BCUT2D eigenvalue weighted by atomic mass is 35.5. The van der Waals surface area contributed by atoms with Gasteiger partial charge in [0.1, 0.15) is 0 Å². The first-order chi connectivity index (χ1) is 11.6. The number of nitrogens with one attached hydrogen (secondary N) is 3. The Labute approximate surface area is 149 Å². The second-order valence-electron chi connectivity index (χ2n) is 5.57. The van der Waals surface area contributed by atoms with Gasteiger partial charge in [0.25, 0.3) is 5.92 Å². The van der Waals surface area contributed by atoms with Gasteiger partial charge in [-0.25, -0.2) is 13.2 Å². The molecule has 1 aromatic rings. The summed E-state index contributed by atoms with van der Waals surface area (Å²) in [7, 11) is 0. The third-order valence-corrected chi connectivity index (χ3v) is 3.24. The van der Waals surface area contributed by atoms with Crippen LogP contribution >= 0.6 is 11.6 Å². The minimum absolute atomic E-state index is 0.0432. The molecular formula is C16H21ClF3N3O2. The predicted molar refractivity (Wildman–Crippen MR) is 91.1 cm³/mol. The number of anilines is 1. The highest BCUT2D eigenvalue weighted by molar-refractivity contribution is 6.31. The molecule has 1 amide bonds. The van der Waals surface area contributed by atoms with Crippen LogP contribution in [-0.4, -0.2) is 31.5 Å². The molecule has 0 fully saturated rings. The maximum absolute atomic E-state index is 14.4. The molecule has 0 bridgehead atoms. The number of rotatable bonds is 10. The van der Waals surface area contributed by atoms with Gasteiger partial charge >= 0.3 is 0 Å². The van der Waals surface area contributed by atoms with Crippen molar-refractivity contribution in [2.75, 3.05) is 25.0 Å². The van der Waals surface area contributed by atoms with E-state index in [9.17, 15) is 18.0 Å². The first kappa shape index (κ1) is 21.1. The molecular weight excluding hydrogens is 359 g/mol. The number of allylic oxidation sites excluding steroid dienone is 1. The van der Waals surface area contributed by atoms with Crippen LogP contribution in [0.5, 0.6) is 0 Å². The fraction of sp³-hybridized carbons (Fsp3) is 0.438. The molecule has 0 aliphatic heterocycles. The number of hydroxylamine groups is 1. The number of carbonyl (C=O) groups is 1. The van der Waals surface area contributed by atoms with Gasteiger partial charge in [-0.3, -0.25) is 15.1 Å². The predicted octanol–water partition coefficient (Wildman–Crippen LogP) is 3.26. The quantitative estimate of drug-likeness (QED) is 0.431. The molecule has 0 radical (unpaired) electrons. The van der Waals surface area contributed by atoms with Gasteiger partial charge in [-0.15, -0.1) is 0 Å². The van der Waals surface area contributed by atoms with Gasteiger partial charge < -0.3 is 10.6 Å². The topological polar surface area (TPSA) is 62.4 Å². The number of amides is 1. The van der Waals surface area contributed by atoms with Crippen LogP contribution < -0.4 is 16.1 Å². The van der Waals surface area contributed by atoms with Crippen molar-refractivity contribution >= 4 is 23.2 Å². The van der Waals surface area contributed by atoms with Crippen molar-refractivity contribution < 1.29 is 22.8 Å². The fourth-order valence-corrected chi connectivity index (χ4v) is 2.00. The molecule has 1 aromatic carbocycles. The summed E-state index contributed by atoms with van der Waals surface area (Å²) in [6.45, 7) is 5.63. The van der Waals surface area contributed by atoms with E-state index in [1.54, 1.807) is 6.92 Å². The Morgan fingerprint density at radius 1 is 1.40 bits per heavy atom. The zero-order valence-corrected chi connectivity index (χ0v) is 14.8. The Kier molecular flexibility index (Phi) is 8.05. The van der Waals surface area contributed by atoms with Gasteiger partial charge in [0.15, 0.2) is 5.82 Å². The lowest BCUT2D eigenvalue weighted by molar-refractivity contribution is -0.120. The van der Waals surface area contributed by atoms with E-state index >= 15 is 0 Å². The summed E-state index contributed by atoms with van der Waals surface area (Å²) in [5.74, 6) is -4.30. The van der Waals surface area contributed by atoms with Crippen LogP contribution in [0.25, 0.3) is 0 Å². The van der Waals surface area contributed by atoms with E-state index in [4.69, 9.17) is 16.4 Å². The van der Waals surface area contributed by atoms with E-state index in [0.717, 1.165) is 0 Å². The smallest absolute Gasteiger partial charge is 0.262 e. The Morgan fingerprint density at radius 2 is 2.08 bits per heavy atom. The second-order valence-corrected chi connectivity index (χ2v) is 5.98. The molecule has 0 aliphatic carbocycles. The van der Waals surface area contributed by atoms with Crippen LogP contribution in [-0.2, 0) is 16.1 Å². The minimum Gasteiger partial charge on any atom is -0.377 e. The van der Waals surface area contributed by atoms with E-state index in [1.165, 1.54) is 12.1 Å². The number of alkyl halides is 2. The summed E-state index contributed by atoms with van der Waals surface area (Å²) in [6.07, 6.45) is -0.323. The lowest BCUT2D eigenvalue weighted by Gasteiger charge is -2.15. The molecule has 0 spiro atoms. The van der Waals surface area contributed by atoms with Crippen LogP contribution in [0.1, 0.15) is 19.4 Å². The van der Waals surface area contributed by atoms with Crippen molar-refractivity contribution in [2.45, 2.75) is 26.2 Å². The molecule has 1 rings (SSSR count). The van der Waals surface area contributed by atoms with Crippen LogP contribution in [0.4, 0.5) is 18.9 Å². The molecule has 0 unspecified atom stereocenters. The van der Waals surface area contributed by atoms with Crippen molar-refractivity contribution in [3.63, 3.8) is 0 Å². The van der Waals surface area contributed by atoms with E-state index in [0.29, 0.717) is 12.6 Å². The van der Waals surface area contributed by atoms with E-state index in [2.05, 4.69) is 22.7 Å². The minimum atomic E-state index is -3.00. The lowest BCUT2D eigenvalue weighted by Crippen LogP contribution is -2.30. The summed E-state index contributed by atoms with van der Waals surface area (Å²) < 4.78 is 40.2. The first-order valence-electron chi connectivity index (χ1n) is 7.48. The molecule has 140 valence electrons. The SMILES string of the molecule is C=C(C)NOCCNC(=O)Cc1c(Cl)ccc(NCC(C)(F)F)c1F. The molecule has 5 nitrogen and oxygen atoms in total. The average molecular weight is 380 g/mol. The Balaban J connectivity index is 2.62. The van der Waals surface area contributed by atoms with Gasteiger partial charge in [-0.05, 0) is 19.1 Å². The molecule has 0 saturated carbocycles. The van der Waals surface area contributed by atoms with Crippen LogP contribution in [0.2, 0.25) is 5.02 Å². The highest BCUT2D eigenvalue weighted by Crippen LogP contribution is 2.27. The van der Waals surface area contributed by atoms with Crippen molar-refractivity contribution in [1.82, 2.24) is 10.8 Å². The zero-order chi connectivity index (χ0) is 19.0. The van der Waals surface area contributed by atoms with Gasteiger partial charge in [-0.1, -0.05) is 18.2 Å². The summed E-state index contributed by atoms with van der Waals surface area (Å²) in [6, 6.07) is 2.60. The Hall–Kier alpha value is -1.93. The Bertz CT molecular complexity index is 621. The summed E-state index contributed by atoms with van der Waals surface area (Å²) in [4.78, 5) is 16.9. The molecule has 0 aromatic heterocycles. The van der Waals surface area contributed by atoms with Crippen molar-refractivity contribution in [2.24, 2.45) is 0 Å². The lowest BCUT2D eigenvalue weighted by atomic mass is 10.1. The summed E-state index contributed by atoms with van der Waals surface area (Å²) >= 11 is 5.91. The number of carbonyl (C=O) groups excluding carboxylic acids is 1. The number of halogens is 4. The van der Waals surface area contributed by atoms with Crippen LogP contribution in [0.15, 0.2) is 24.4 Å².